The molecule has 0 N–H and O–H groups in total. The number of ether oxygens (including phenoxy) is 1. The van der Waals surface area contributed by atoms with E-state index in [2.05, 4.69) is 34.6 Å². The third-order valence-electron chi connectivity index (χ3n) is 4.44. The van der Waals surface area contributed by atoms with Crippen molar-refractivity contribution in [2.75, 3.05) is 0 Å². The summed E-state index contributed by atoms with van der Waals surface area (Å²) in [6.45, 7) is 20.5. The fourth-order valence-electron chi connectivity index (χ4n) is 1.87. The maximum atomic E-state index is 12.4. The number of allylic oxidation sites excluding steroid dienone is 3. The Morgan fingerprint density at radius 2 is 1.50 bits per heavy atom. The maximum absolute atomic E-state index is 12.4. The van der Waals surface area contributed by atoms with Crippen LogP contribution >= 0.6 is 12.0 Å². The van der Waals surface area contributed by atoms with E-state index in [-0.39, 0.29) is 22.2 Å². The van der Waals surface area contributed by atoms with E-state index in [1.165, 1.54) is 12.0 Å². The Labute approximate surface area is 152 Å². The van der Waals surface area contributed by atoms with Crippen LogP contribution in [0.15, 0.2) is 23.5 Å². The van der Waals surface area contributed by atoms with E-state index in [0.717, 1.165) is 11.3 Å². The quantitative estimate of drug-likeness (QED) is 0.429. The van der Waals surface area contributed by atoms with Gasteiger partial charge >= 0.3 is 0 Å². The molecule has 0 aliphatic heterocycles. The first-order chi connectivity index (χ1) is 10.6. The second kappa shape index (κ2) is 6.87. The lowest BCUT2D eigenvalue weighted by molar-refractivity contribution is -0.122. The Kier molecular flexibility index (Phi) is 6.10. The standard InChI is InChI=1S/C20H34O3S/c1-17(2,3)16(21)14-11-12-15(13-14)22-20(9,10)24-23-19(7,8)18(4,5)6/h11-12H,13H2,1-10H3. The van der Waals surface area contributed by atoms with Crippen LogP contribution in [0.1, 0.15) is 75.7 Å². The molecule has 0 aromatic heterocycles. The van der Waals surface area contributed by atoms with Gasteiger partial charge in [-0.2, -0.15) is 0 Å². The monoisotopic (exact) mass is 354 g/mol. The molecule has 1 aliphatic rings. The molecule has 138 valence electrons. The number of hydrogen-bond donors (Lipinski definition) is 0. The Morgan fingerprint density at radius 3 is 1.96 bits per heavy atom. The van der Waals surface area contributed by atoms with Crippen LogP contribution < -0.4 is 0 Å². The molecule has 1 aliphatic carbocycles. The molecule has 0 saturated heterocycles. The first-order valence-corrected chi connectivity index (χ1v) is 9.30. The zero-order chi connectivity index (χ0) is 19.0. The molecule has 0 spiro atoms. The topological polar surface area (TPSA) is 35.5 Å². The van der Waals surface area contributed by atoms with E-state index >= 15 is 0 Å². The van der Waals surface area contributed by atoms with Crippen LogP contribution in [0, 0.1) is 10.8 Å². The van der Waals surface area contributed by atoms with Crippen molar-refractivity contribution in [2.45, 2.75) is 86.2 Å². The number of hydrogen-bond acceptors (Lipinski definition) is 4. The van der Waals surface area contributed by atoms with Crippen molar-refractivity contribution in [1.29, 1.82) is 0 Å². The molecule has 0 radical (unpaired) electrons. The van der Waals surface area contributed by atoms with Gasteiger partial charge in [0.2, 0.25) is 0 Å². The van der Waals surface area contributed by atoms with Gasteiger partial charge in [-0.15, -0.1) is 0 Å². The van der Waals surface area contributed by atoms with Crippen molar-refractivity contribution in [2.24, 2.45) is 10.8 Å². The van der Waals surface area contributed by atoms with E-state index in [1.54, 1.807) is 0 Å². The zero-order valence-electron chi connectivity index (χ0n) is 17.0. The molecule has 4 heteroatoms. The Hall–Kier alpha value is -0.740. The Bertz CT molecular complexity index is 540. The van der Waals surface area contributed by atoms with Gasteiger partial charge in [0.15, 0.2) is 10.7 Å². The number of rotatable bonds is 6. The van der Waals surface area contributed by atoms with Crippen molar-refractivity contribution in [3.63, 3.8) is 0 Å². The molecule has 3 nitrogen and oxygen atoms in total. The van der Waals surface area contributed by atoms with Crippen molar-refractivity contribution in [3.8, 4) is 0 Å². The summed E-state index contributed by atoms with van der Waals surface area (Å²) in [5.74, 6) is 0.991. The number of Topliss-reactive ketones (excluding diaryl/α,β-unsaturated/α-hetero) is 1. The van der Waals surface area contributed by atoms with Crippen LogP contribution in [0.2, 0.25) is 0 Å². The van der Waals surface area contributed by atoms with Gasteiger partial charge < -0.3 is 8.92 Å². The molecular formula is C20H34O3S. The molecule has 24 heavy (non-hydrogen) atoms. The lowest BCUT2D eigenvalue weighted by atomic mass is 9.79. The van der Waals surface area contributed by atoms with Crippen molar-refractivity contribution in [3.05, 3.63) is 23.5 Å². The first-order valence-electron chi connectivity index (χ1n) is 8.56. The van der Waals surface area contributed by atoms with Gasteiger partial charge in [0.1, 0.15) is 5.76 Å². The normalized spacial score (nSPS) is 16.8. The van der Waals surface area contributed by atoms with Gasteiger partial charge in [-0.3, -0.25) is 4.79 Å². The smallest absolute Gasteiger partial charge is 0.173 e. The summed E-state index contributed by atoms with van der Waals surface area (Å²) in [7, 11) is 0. The molecule has 0 aromatic carbocycles. The molecule has 0 saturated carbocycles. The van der Waals surface area contributed by atoms with Crippen molar-refractivity contribution >= 4 is 17.8 Å². The first kappa shape index (κ1) is 21.3. The Balaban J connectivity index is 2.60. The van der Waals surface area contributed by atoms with Crippen LogP contribution in [0.3, 0.4) is 0 Å². The predicted octanol–water partition coefficient (Wildman–Crippen LogP) is 6.06. The Morgan fingerprint density at radius 1 is 0.958 bits per heavy atom. The fourth-order valence-corrected chi connectivity index (χ4v) is 2.67. The third-order valence-corrected chi connectivity index (χ3v) is 5.43. The lowest BCUT2D eigenvalue weighted by Crippen LogP contribution is -2.39. The molecule has 0 heterocycles. The molecule has 0 fully saturated rings. The molecule has 0 bridgehead atoms. The second-order valence-electron chi connectivity index (χ2n) is 9.51. The van der Waals surface area contributed by atoms with Gasteiger partial charge in [0.25, 0.3) is 0 Å². The second-order valence-corrected chi connectivity index (χ2v) is 10.8. The largest absolute Gasteiger partial charge is 0.479 e. The van der Waals surface area contributed by atoms with Gasteiger partial charge in [-0.1, -0.05) is 47.6 Å². The van der Waals surface area contributed by atoms with Crippen LogP contribution in [0.25, 0.3) is 0 Å². The minimum absolute atomic E-state index is 0.0244. The van der Waals surface area contributed by atoms with E-state index in [9.17, 15) is 4.79 Å². The van der Waals surface area contributed by atoms with Gasteiger partial charge in [-0.05, 0) is 39.2 Å². The average molecular weight is 355 g/mol. The third kappa shape index (κ3) is 5.66. The van der Waals surface area contributed by atoms with E-state index in [0.29, 0.717) is 6.42 Å². The summed E-state index contributed by atoms with van der Waals surface area (Å²) in [6.07, 6.45) is 4.34. The lowest BCUT2D eigenvalue weighted by Gasteiger charge is -2.39. The predicted molar refractivity (Wildman–Crippen MR) is 103 cm³/mol. The minimum atomic E-state index is -0.525. The maximum Gasteiger partial charge on any atom is 0.173 e. The summed E-state index contributed by atoms with van der Waals surface area (Å²) in [4.78, 5) is 11.8. The van der Waals surface area contributed by atoms with Gasteiger partial charge in [0, 0.05) is 29.5 Å². The summed E-state index contributed by atoms with van der Waals surface area (Å²) < 4.78 is 12.2. The summed E-state index contributed by atoms with van der Waals surface area (Å²) in [5.41, 5.74) is 0.193. The van der Waals surface area contributed by atoms with Crippen molar-refractivity contribution in [1.82, 2.24) is 0 Å². The van der Waals surface area contributed by atoms with Crippen LogP contribution in [-0.2, 0) is 13.7 Å². The van der Waals surface area contributed by atoms with Crippen LogP contribution in [0.5, 0.6) is 0 Å². The highest BCUT2D eigenvalue weighted by Crippen LogP contribution is 2.41. The summed E-state index contributed by atoms with van der Waals surface area (Å²) >= 11 is 1.34. The summed E-state index contributed by atoms with van der Waals surface area (Å²) in [6, 6.07) is 0. The number of carbonyl (C=O) groups is 1. The molecule has 0 aromatic rings. The highest BCUT2D eigenvalue weighted by molar-refractivity contribution is 7.95. The van der Waals surface area contributed by atoms with E-state index < -0.39 is 4.93 Å². The van der Waals surface area contributed by atoms with Gasteiger partial charge in [0.05, 0.1) is 5.60 Å². The molecule has 0 unspecified atom stereocenters. The zero-order valence-corrected chi connectivity index (χ0v) is 17.8. The highest BCUT2D eigenvalue weighted by atomic mass is 32.2. The van der Waals surface area contributed by atoms with Gasteiger partial charge in [-0.25, -0.2) is 0 Å². The van der Waals surface area contributed by atoms with Crippen molar-refractivity contribution < 1.29 is 13.7 Å². The molecule has 1 rings (SSSR count). The molecule has 0 atom stereocenters. The number of ketones is 1. The van der Waals surface area contributed by atoms with E-state index in [4.69, 9.17) is 8.92 Å². The SMILES string of the molecule is CC(C)(OC1=CC=C(C(=O)C(C)(C)C)C1)SOC(C)(C)C(C)(C)C. The molecule has 0 amide bonds. The highest BCUT2D eigenvalue weighted by Gasteiger charge is 2.37. The van der Waals surface area contributed by atoms with Crippen LogP contribution in [-0.4, -0.2) is 16.3 Å². The minimum Gasteiger partial charge on any atom is -0.479 e. The average Bonchev–Trinajstić information content (AvgIpc) is 2.81. The molecular weight excluding hydrogens is 320 g/mol. The van der Waals surface area contributed by atoms with E-state index in [1.807, 2.05) is 46.8 Å². The van der Waals surface area contributed by atoms with Crippen LogP contribution in [0.4, 0.5) is 0 Å². The summed E-state index contributed by atoms with van der Waals surface area (Å²) in [5, 5.41) is 0. The number of carbonyl (C=O) groups excluding carboxylic acids is 1. The fraction of sp³-hybridized carbons (Fsp3) is 0.750.